The molecule has 0 aromatic carbocycles. The van der Waals surface area contributed by atoms with E-state index in [0.29, 0.717) is 23.9 Å². The fourth-order valence-corrected chi connectivity index (χ4v) is 3.88. The van der Waals surface area contributed by atoms with E-state index in [1.807, 2.05) is 0 Å². The molecule has 3 atom stereocenters. The molecule has 3 rings (SSSR count). The topological polar surface area (TPSA) is 35.6 Å². The monoisotopic (exact) mass is 279 g/mol. The van der Waals surface area contributed by atoms with Crippen LogP contribution in [0.5, 0.6) is 0 Å². The predicted octanol–water partition coefficient (Wildman–Crippen LogP) is 1.81. The zero-order chi connectivity index (χ0) is 14.5. The second-order valence-corrected chi connectivity index (χ2v) is 7.59. The normalized spacial score (nSPS) is 37.1. The lowest BCUT2D eigenvalue weighted by atomic mass is 9.96. The molecule has 0 radical (unpaired) electrons. The first-order valence-electron chi connectivity index (χ1n) is 8.23. The molecule has 3 unspecified atom stereocenters. The maximum Gasteiger partial charge on any atom is 0.244 e. The molecule has 0 aromatic rings. The van der Waals surface area contributed by atoms with E-state index < -0.39 is 0 Å². The molecular formula is C16H29N3O. The Labute approximate surface area is 122 Å². The first kappa shape index (κ1) is 14.3. The number of likely N-dealkylation sites (tertiary alicyclic amines) is 1. The average Bonchev–Trinajstić information content (AvgIpc) is 3.08. The summed E-state index contributed by atoms with van der Waals surface area (Å²) in [5, 5.41) is 3.66. The minimum atomic E-state index is -0.161. The highest BCUT2D eigenvalue weighted by Gasteiger charge is 2.60. The Morgan fingerprint density at radius 2 is 2.10 bits per heavy atom. The maximum absolute atomic E-state index is 12.8. The van der Waals surface area contributed by atoms with Crippen LogP contribution in [-0.2, 0) is 4.79 Å². The van der Waals surface area contributed by atoms with Gasteiger partial charge >= 0.3 is 0 Å². The summed E-state index contributed by atoms with van der Waals surface area (Å²) in [6.45, 7) is 7.89. The van der Waals surface area contributed by atoms with Crippen LogP contribution in [0.4, 0.5) is 0 Å². The van der Waals surface area contributed by atoms with Crippen molar-refractivity contribution >= 4 is 5.91 Å². The summed E-state index contributed by atoms with van der Waals surface area (Å²) >= 11 is 0. The minimum absolute atomic E-state index is 0.161. The quantitative estimate of drug-likeness (QED) is 0.856. The van der Waals surface area contributed by atoms with Gasteiger partial charge in [0.1, 0.15) is 0 Å². The van der Waals surface area contributed by atoms with Gasteiger partial charge in [0.25, 0.3) is 0 Å². The number of amides is 1. The summed E-state index contributed by atoms with van der Waals surface area (Å²) in [7, 11) is 2.19. The summed E-state index contributed by atoms with van der Waals surface area (Å²) < 4.78 is 0. The van der Waals surface area contributed by atoms with Gasteiger partial charge in [0.15, 0.2) is 0 Å². The van der Waals surface area contributed by atoms with Crippen molar-refractivity contribution in [1.82, 2.24) is 15.1 Å². The molecule has 4 heteroatoms. The van der Waals surface area contributed by atoms with Gasteiger partial charge in [0.05, 0.1) is 11.7 Å². The van der Waals surface area contributed by atoms with Crippen molar-refractivity contribution in [2.24, 2.45) is 5.92 Å². The van der Waals surface area contributed by atoms with Crippen molar-refractivity contribution < 1.29 is 4.79 Å². The van der Waals surface area contributed by atoms with Gasteiger partial charge in [-0.3, -0.25) is 10.1 Å². The molecule has 114 valence electrons. The Hall–Kier alpha value is -0.610. The minimum Gasteiger partial charge on any atom is -0.322 e. The molecular weight excluding hydrogens is 250 g/mol. The maximum atomic E-state index is 12.8. The highest BCUT2D eigenvalue weighted by molar-refractivity contribution is 5.92. The second-order valence-electron chi connectivity index (χ2n) is 7.59. The molecule has 1 N–H and O–H groups in total. The van der Waals surface area contributed by atoms with Crippen LogP contribution in [0.2, 0.25) is 0 Å². The highest BCUT2D eigenvalue weighted by atomic mass is 16.2. The molecule has 0 aromatic heterocycles. The first-order valence-corrected chi connectivity index (χ1v) is 8.23. The lowest BCUT2D eigenvalue weighted by molar-refractivity contribution is -0.134. The summed E-state index contributed by atoms with van der Waals surface area (Å²) in [5.41, 5.74) is -0.161. The second kappa shape index (κ2) is 4.99. The van der Waals surface area contributed by atoms with Gasteiger partial charge < -0.3 is 9.80 Å². The molecule has 1 spiro atoms. The van der Waals surface area contributed by atoms with Crippen LogP contribution < -0.4 is 5.32 Å². The molecule has 3 aliphatic rings. The SMILES string of the molecule is CC(C)CC1NC2(CC2)C(=O)N1C1CCN(C)C(C)C1. The van der Waals surface area contributed by atoms with Gasteiger partial charge in [-0.2, -0.15) is 0 Å². The first-order chi connectivity index (χ1) is 9.43. The van der Waals surface area contributed by atoms with Crippen molar-refractivity contribution in [2.75, 3.05) is 13.6 Å². The smallest absolute Gasteiger partial charge is 0.244 e. The zero-order valence-electron chi connectivity index (χ0n) is 13.4. The number of piperidine rings is 1. The number of nitrogens with zero attached hydrogens (tertiary/aromatic N) is 2. The molecule has 2 heterocycles. The summed E-state index contributed by atoms with van der Waals surface area (Å²) in [6, 6.07) is 1.02. The average molecular weight is 279 g/mol. The molecule has 2 aliphatic heterocycles. The van der Waals surface area contributed by atoms with E-state index in [1.54, 1.807) is 0 Å². The third-order valence-corrected chi connectivity index (χ3v) is 5.44. The Morgan fingerprint density at radius 3 is 2.65 bits per heavy atom. The third-order valence-electron chi connectivity index (χ3n) is 5.44. The number of nitrogens with one attached hydrogen (secondary N) is 1. The Morgan fingerprint density at radius 1 is 1.40 bits per heavy atom. The molecule has 3 fully saturated rings. The highest BCUT2D eigenvalue weighted by Crippen LogP contribution is 2.44. The van der Waals surface area contributed by atoms with Crippen LogP contribution in [0, 0.1) is 5.92 Å². The Kier molecular flexibility index (Phi) is 3.57. The molecule has 1 aliphatic carbocycles. The van der Waals surface area contributed by atoms with Crippen LogP contribution in [0.3, 0.4) is 0 Å². The lowest BCUT2D eigenvalue weighted by Crippen LogP contribution is -2.52. The van der Waals surface area contributed by atoms with E-state index in [9.17, 15) is 4.79 Å². The van der Waals surface area contributed by atoms with Crippen molar-refractivity contribution in [3.05, 3.63) is 0 Å². The van der Waals surface area contributed by atoms with Crippen molar-refractivity contribution in [3.8, 4) is 0 Å². The molecule has 1 amide bonds. The number of carbonyl (C=O) groups excluding carboxylic acids is 1. The van der Waals surface area contributed by atoms with Gasteiger partial charge in [0, 0.05) is 18.6 Å². The number of carbonyl (C=O) groups is 1. The van der Waals surface area contributed by atoms with Crippen LogP contribution in [-0.4, -0.2) is 53.1 Å². The molecule has 4 nitrogen and oxygen atoms in total. The Bertz CT molecular complexity index is 391. The van der Waals surface area contributed by atoms with Crippen LogP contribution >= 0.6 is 0 Å². The molecule has 20 heavy (non-hydrogen) atoms. The Balaban J connectivity index is 1.76. The lowest BCUT2D eigenvalue weighted by Gasteiger charge is -2.41. The molecule has 1 saturated carbocycles. The summed E-state index contributed by atoms with van der Waals surface area (Å²) in [6.07, 6.45) is 5.67. The van der Waals surface area contributed by atoms with Gasteiger partial charge in [-0.1, -0.05) is 13.8 Å². The van der Waals surface area contributed by atoms with E-state index in [0.717, 1.165) is 38.6 Å². The third kappa shape index (κ3) is 2.37. The van der Waals surface area contributed by atoms with Gasteiger partial charge in [-0.25, -0.2) is 0 Å². The van der Waals surface area contributed by atoms with Crippen LogP contribution in [0.25, 0.3) is 0 Å². The van der Waals surface area contributed by atoms with E-state index >= 15 is 0 Å². The zero-order valence-corrected chi connectivity index (χ0v) is 13.4. The van der Waals surface area contributed by atoms with Crippen molar-refractivity contribution in [2.45, 2.75) is 76.7 Å². The fourth-order valence-electron chi connectivity index (χ4n) is 3.88. The van der Waals surface area contributed by atoms with E-state index in [2.05, 4.69) is 42.9 Å². The summed E-state index contributed by atoms with van der Waals surface area (Å²) in [5.74, 6) is 1.02. The van der Waals surface area contributed by atoms with Crippen molar-refractivity contribution in [3.63, 3.8) is 0 Å². The predicted molar refractivity (Wildman–Crippen MR) is 80.3 cm³/mol. The number of hydrogen-bond acceptors (Lipinski definition) is 3. The standard InChI is InChI=1S/C16H29N3O/c1-11(2)9-14-17-16(6-7-16)15(20)19(14)13-5-8-18(4)12(3)10-13/h11-14,17H,5-10H2,1-4H3. The van der Waals surface area contributed by atoms with E-state index in [4.69, 9.17) is 0 Å². The van der Waals surface area contributed by atoms with Gasteiger partial charge in [-0.05, 0) is 52.0 Å². The van der Waals surface area contributed by atoms with Crippen LogP contribution in [0.15, 0.2) is 0 Å². The largest absolute Gasteiger partial charge is 0.322 e. The van der Waals surface area contributed by atoms with Crippen molar-refractivity contribution in [1.29, 1.82) is 0 Å². The number of rotatable bonds is 3. The fraction of sp³-hybridized carbons (Fsp3) is 0.938. The van der Waals surface area contributed by atoms with Gasteiger partial charge in [0.2, 0.25) is 5.91 Å². The summed E-state index contributed by atoms with van der Waals surface area (Å²) in [4.78, 5) is 17.5. The van der Waals surface area contributed by atoms with E-state index in [-0.39, 0.29) is 11.7 Å². The number of hydrogen-bond donors (Lipinski definition) is 1. The molecule has 0 bridgehead atoms. The van der Waals surface area contributed by atoms with Gasteiger partial charge in [-0.15, -0.1) is 0 Å². The van der Waals surface area contributed by atoms with Crippen LogP contribution in [0.1, 0.15) is 52.9 Å². The van der Waals surface area contributed by atoms with E-state index in [1.165, 1.54) is 0 Å². The molecule has 2 saturated heterocycles.